The number of fused-ring (bicyclic) bond motifs is 3. The van der Waals surface area contributed by atoms with Gasteiger partial charge in [0.2, 0.25) is 11.8 Å². The van der Waals surface area contributed by atoms with Crippen LogP contribution in [-0.4, -0.2) is 37.9 Å². The molecule has 0 unspecified atom stereocenters. The molecule has 190 valence electrons. The maximum absolute atomic E-state index is 13.0. The summed E-state index contributed by atoms with van der Waals surface area (Å²) in [4.78, 5) is 37.5. The van der Waals surface area contributed by atoms with Crippen LogP contribution < -0.4 is 11.1 Å². The number of aromatic nitrogens is 4. The number of rotatable bonds is 9. The second-order valence-corrected chi connectivity index (χ2v) is 10.6. The van der Waals surface area contributed by atoms with Crippen molar-refractivity contribution in [2.45, 2.75) is 83.1 Å². The van der Waals surface area contributed by atoms with Crippen molar-refractivity contribution in [3.05, 3.63) is 24.3 Å². The van der Waals surface area contributed by atoms with E-state index in [1.807, 2.05) is 12.3 Å². The molecule has 2 aliphatic rings. The van der Waals surface area contributed by atoms with Gasteiger partial charge in [0, 0.05) is 36.0 Å². The van der Waals surface area contributed by atoms with Crippen LogP contribution in [0.3, 0.4) is 0 Å². The van der Waals surface area contributed by atoms with Crippen molar-refractivity contribution >= 4 is 33.9 Å². The van der Waals surface area contributed by atoms with Crippen LogP contribution in [0.5, 0.6) is 0 Å². The van der Waals surface area contributed by atoms with Crippen molar-refractivity contribution in [2.24, 2.45) is 17.1 Å². The first-order chi connectivity index (χ1) is 17.5. The number of primary amides is 1. The predicted molar refractivity (Wildman–Crippen MR) is 137 cm³/mol. The van der Waals surface area contributed by atoms with Crippen molar-refractivity contribution in [1.82, 2.24) is 24.8 Å². The number of aromatic amines is 1. The van der Waals surface area contributed by atoms with Gasteiger partial charge in [-0.1, -0.05) is 12.8 Å². The number of nitrogens with zero attached hydrogens (tertiary/aromatic N) is 4. The first-order valence-corrected chi connectivity index (χ1v) is 13.3. The molecule has 0 saturated heterocycles. The number of H-pyrrole nitrogens is 1. The Morgan fingerprint density at radius 2 is 2.03 bits per heavy atom. The Kier molecular flexibility index (Phi) is 6.95. The molecule has 2 fully saturated rings. The van der Waals surface area contributed by atoms with E-state index < -0.39 is 5.41 Å². The fraction of sp³-hybridized carbons (Fsp3) is 0.593. The smallest absolute Gasteiger partial charge is 0.227 e. The lowest BCUT2D eigenvalue weighted by Crippen LogP contribution is -2.36. The summed E-state index contributed by atoms with van der Waals surface area (Å²) in [6.07, 6.45) is 13.7. The van der Waals surface area contributed by atoms with E-state index >= 15 is 0 Å². The Balaban J connectivity index is 1.31. The van der Waals surface area contributed by atoms with Gasteiger partial charge in [0.05, 0.1) is 24.2 Å². The number of nitriles is 1. The van der Waals surface area contributed by atoms with E-state index in [0.29, 0.717) is 18.9 Å². The maximum Gasteiger partial charge on any atom is 0.227 e. The van der Waals surface area contributed by atoms with Crippen LogP contribution in [0.2, 0.25) is 0 Å². The first-order valence-electron chi connectivity index (χ1n) is 13.3. The third-order valence-corrected chi connectivity index (χ3v) is 8.43. The van der Waals surface area contributed by atoms with E-state index in [4.69, 9.17) is 16.0 Å². The fourth-order valence-electron chi connectivity index (χ4n) is 6.43. The van der Waals surface area contributed by atoms with Crippen LogP contribution in [-0.2, 0) is 16.0 Å². The minimum absolute atomic E-state index is 0.0671. The summed E-state index contributed by atoms with van der Waals surface area (Å²) >= 11 is 0. The van der Waals surface area contributed by atoms with Gasteiger partial charge in [-0.25, -0.2) is 9.97 Å². The highest BCUT2D eigenvalue weighted by Crippen LogP contribution is 2.41. The average molecular weight is 490 g/mol. The van der Waals surface area contributed by atoms with Gasteiger partial charge >= 0.3 is 0 Å². The first kappa shape index (κ1) is 24.3. The van der Waals surface area contributed by atoms with Crippen LogP contribution in [0.25, 0.3) is 22.1 Å². The predicted octanol–water partition coefficient (Wildman–Crippen LogP) is 4.04. The molecule has 2 aliphatic carbocycles. The van der Waals surface area contributed by atoms with Gasteiger partial charge in [0.15, 0.2) is 0 Å². The number of nitrogens with two attached hydrogens (primary N) is 1. The van der Waals surface area contributed by atoms with Gasteiger partial charge in [0.1, 0.15) is 17.0 Å². The lowest BCUT2D eigenvalue weighted by Gasteiger charge is -2.30. The van der Waals surface area contributed by atoms with Crippen LogP contribution in [0, 0.1) is 22.7 Å². The Labute approximate surface area is 210 Å². The van der Waals surface area contributed by atoms with E-state index in [1.165, 1.54) is 0 Å². The van der Waals surface area contributed by atoms with Gasteiger partial charge in [-0.2, -0.15) is 5.26 Å². The van der Waals surface area contributed by atoms with Crippen LogP contribution in [0.1, 0.15) is 82.5 Å². The van der Waals surface area contributed by atoms with Gasteiger partial charge in [-0.3, -0.25) is 9.59 Å². The molecule has 9 nitrogen and oxygen atoms in total. The molecule has 0 atom stereocenters. The zero-order valence-corrected chi connectivity index (χ0v) is 20.8. The van der Waals surface area contributed by atoms with Gasteiger partial charge in [-0.15, -0.1) is 0 Å². The summed E-state index contributed by atoms with van der Waals surface area (Å²) in [5.74, 6) is 0.938. The molecular formula is C27H35N7O2. The molecule has 3 aromatic rings. The highest BCUT2D eigenvalue weighted by atomic mass is 16.2. The zero-order valence-electron chi connectivity index (χ0n) is 20.8. The monoisotopic (exact) mass is 489 g/mol. The lowest BCUT2D eigenvalue weighted by molar-refractivity contribution is -0.127. The van der Waals surface area contributed by atoms with Gasteiger partial charge in [-0.05, 0) is 63.4 Å². The zero-order chi connectivity index (χ0) is 25.1. The molecule has 36 heavy (non-hydrogen) atoms. The van der Waals surface area contributed by atoms with Crippen LogP contribution >= 0.6 is 0 Å². The fourth-order valence-corrected chi connectivity index (χ4v) is 6.43. The summed E-state index contributed by atoms with van der Waals surface area (Å²) in [5.41, 5.74) is 7.95. The molecule has 4 N–H and O–H groups in total. The van der Waals surface area contributed by atoms with Crippen molar-refractivity contribution in [2.75, 3.05) is 6.54 Å². The Morgan fingerprint density at radius 1 is 1.25 bits per heavy atom. The molecule has 0 bridgehead atoms. The minimum Gasteiger partial charge on any atom is -0.369 e. The molecule has 0 radical (unpaired) electrons. The molecule has 5 rings (SSSR count). The van der Waals surface area contributed by atoms with E-state index in [0.717, 1.165) is 92.1 Å². The summed E-state index contributed by atoms with van der Waals surface area (Å²) in [5, 5.41) is 13.1. The van der Waals surface area contributed by atoms with Crippen LogP contribution in [0.4, 0.5) is 0 Å². The molecule has 3 heterocycles. The number of nitrogens with one attached hydrogen (secondary N) is 2. The van der Waals surface area contributed by atoms with E-state index in [2.05, 4.69) is 25.9 Å². The summed E-state index contributed by atoms with van der Waals surface area (Å²) in [6.45, 7) is 0.525. The number of hydrogen-bond acceptors (Lipinski definition) is 5. The normalized spacial score (nSPS) is 21.5. The van der Waals surface area contributed by atoms with Gasteiger partial charge < -0.3 is 20.6 Å². The molecule has 3 aromatic heterocycles. The third-order valence-electron chi connectivity index (χ3n) is 8.43. The maximum atomic E-state index is 13.0. The second kappa shape index (κ2) is 10.3. The molecule has 0 spiro atoms. The number of hydrogen-bond donors (Lipinski definition) is 3. The Hall–Kier alpha value is -3.41. The summed E-state index contributed by atoms with van der Waals surface area (Å²) in [6, 6.07) is 4.58. The van der Waals surface area contributed by atoms with Gasteiger partial charge in [0.25, 0.3) is 0 Å². The number of amides is 2. The number of imidazole rings is 1. The second-order valence-electron chi connectivity index (χ2n) is 10.6. The van der Waals surface area contributed by atoms with E-state index in [1.54, 1.807) is 6.20 Å². The van der Waals surface area contributed by atoms with Crippen molar-refractivity contribution in [3.63, 3.8) is 0 Å². The number of carbonyl (C=O) groups excluding carboxylic acids is 2. The van der Waals surface area contributed by atoms with Crippen molar-refractivity contribution in [1.29, 1.82) is 5.26 Å². The average Bonchev–Trinajstić information content (AvgIpc) is 3.61. The molecular weight excluding hydrogens is 454 g/mol. The summed E-state index contributed by atoms with van der Waals surface area (Å²) in [7, 11) is 0. The molecule has 0 aliphatic heterocycles. The Bertz CT molecular complexity index is 1290. The molecule has 9 heteroatoms. The van der Waals surface area contributed by atoms with Crippen LogP contribution in [0.15, 0.2) is 18.5 Å². The quantitative estimate of drug-likeness (QED) is 0.389. The topological polar surface area (TPSA) is 142 Å². The van der Waals surface area contributed by atoms with Crippen molar-refractivity contribution in [3.8, 4) is 6.07 Å². The SMILES string of the molecule is N#CCC1CCC(n2c(CC(=O)NCCCC3(C(N)=O)CCCC3)nc3cnc4[nH]ccc4c32)CC1. The molecule has 2 saturated carbocycles. The minimum atomic E-state index is -0.391. The lowest BCUT2D eigenvalue weighted by atomic mass is 9.81. The Morgan fingerprint density at radius 3 is 2.75 bits per heavy atom. The number of pyridine rings is 1. The third kappa shape index (κ3) is 4.69. The largest absolute Gasteiger partial charge is 0.369 e. The van der Waals surface area contributed by atoms with E-state index in [-0.39, 0.29) is 24.3 Å². The summed E-state index contributed by atoms with van der Waals surface area (Å²) < 4.78 is 2.26. The highest BCUT2D eigenvalue weighted by molar-refractivity contribution is 6.01. The van der Waals surface area contributed by atoms with Crippen molar-refractivity contribution < 1.29 is 9.59 Å². The number of carbonyl (C=O) groups is 2. The van der Waals surface area contributed by atoms with E-state index in [9.17, 15) is 9.59 Å². The molecule has 0 aromatic carbocycles. The standard InChI is InChI=1S/C27H35N7O2/c28-13-8-18-4-6-19(7-5-18)34-22(33-21-17-32-25-20(24(21)34)9-15-31-25)16-23(35)30-14-3-12-27(26(29)36)10-1-2-11-27/h9,15,17-19H,1-8,10-12,14,16H2,(H2,29,36)(H,30,35)(H,31,32). The molecule has 2 amide bonds. The highest BCUT2D eigenvalue weighted by Gasteiger charge is 2.38.